The molecule has 9 nitrogen and oxygen atoms in total. The van der Waals surface area contributed by atoms with E-state index in [0.717, 1.165) is 10.6 Å². The molecule has 0 saturated heterocycles. The molecule has 4 N–H and O–H groups in total. The van der Waals surface area contributed by atoms with Gasteiger partial charge in [-0.25, -0.2) is 4.98 Å². The number of carbonyl (C=O) groups excluding carboxylic acids is 1. The fourth-order valence-corrected chi connectivity index (χ4v) is 3.42. The number of primary amides is 1. The van der Waals surface area contributed by atoms with E-state index < -0.39 is 21.6 Å². The first-order valence-electron chi connectivity index (χ1n) is 9.27. The van der Waals surface area contributed by atoms with Gasteiger partial charge in [0.15, 0.2) is 0 Å². The summed E-state index contributed by atoms with van der Waals surface area (Å²) >= 11 is 0. The van der Waals surface area contributed by atoms with Crippen LogP contribution in [0.25, 0.3) is 0 Å². The van der Waals surface area contributed by atoms with E-state index in [0.29, 0.717) is 29.2 Å². The molecule has 3 rings (SSSR count). The van der Waals surface area contributed by atoms with Crippen LogP contribution in [0.5, 0.6) is 0 Å². The van der Waals surface area contributed by atoms with Gasteiger partial charge in [-0.2, -0.15) is 0 Å². The standard InChI is InChI=1S/C21H21N5O4S/c1-31(30)18-7-5-16(6-8-18)25-21-11-19(15(13-24-21)10-20(22)27)23-12-14-3-2-4-17(9-14)26(28)29/h2-9,11,13H,10,12H2,1H3,(H2,22,27)(H2,23,24,25). The number of benzene rings is 2. The number of nitrogens with zero attached hydrogens (tertiary/aromatic N) is 2. The first-order chi connectivity index (χ1) is 14.8. The lowest BCUT2D eigenvalue weighted by Crippen LogP contribution is -2.15. The first-order valence-corrected chi connectivity index (χ1v) is 10.8. The van der Waals surface area contributed by atoms with E-state index in [9.17, 15) is 19.1 Å². The molecule has 3 aromatic rings. The minimum absolute atomic E-state index is 0.00155. The van der Waals surface area contributed by atoms with Crippen LogP contribution in [0.15, 0.2) is 65.7 Å². The smallest absolute Gasteiger partial charge is 0.269 e. The fourth-order valence-electron chi connectivity index (χ4n) is 2.90. The molecule has 1 amide bonds. The number of hydrogen-bond donors (Lipinski definition) is 3. The third kappa shape index (κ3) is 6.09. The first kappa shape index (κ1) is 21.9. The summed E-state index contributed by atoms with van der Waals surface area (Å²) in [6, 6.07) is 15.2. The van der Waals surface area contributed by atoms with Crippen molar-refractivity contribution in [1.29, 1.82) is 0 Å². The second kappa shape index (κ2) is 9.81. The lowest BCUT2D eigenvalue weighted by molar-refractivity contribution is -0.384. The molecule has 160 valence electrons. The van der Waals surface area contributed by atoms with Crippen LogP contribution in [0.2, 0.25) is 0 Å². The maximum atomic E-state index is 11.5. The molecule has 0 bridgehead atoms. The predicted molar refractivity (Wildman–Crippen MR) is 120 cm³/mol. The van der Waals surface area contributed by atoms with Gasteiger partial charge in [0.25, 0.3) is 5.69 Å². The van der Waals surface area contributed by atoms with Crippen LogP contribution >= 0.6 is 0 Å². The highest BCUT2D eigenvalue weighted by Crippen LogP contribution is 2.24. The zero-order valence-electron chi connectivity index (χ0n) is 16.7. The Kier molecular flexibility index (Phi) is 6.93. The van der Waals surface area contributed by atoms with Crippen molar-refractivity contribution in [1.82, 2.24) is 4.98 Å². The molecule has 31 heavy (non-hydrogen) atoms. The van der Waals surface area contributed by atoms with Crippen LogP contribution in [0.1, 0.15) is 11.1 Å². The molecule has 2 aromatic carbocycles. The van der Waals surface area contributed by atoms with Gasteiger partial charge in [-0.1, -0.05) is 12.1 Å². The van der Waals surface area contributed by atoms with E-state index in [1.807, 2.05) is 0 Å². The summed E-state index contributed by atoms with van der Waals surface area (Å²) in [6.07, 6.45) is 3.17. The largest absolute Gasteiger partial charge is 0.381 e. The molecular weight excluding hydrogens is 418 g/mol. The van der Waals surface area contributed by atoms with Crippen molar-refractivity contribution in [3.8, 4) is 0 Å². The summed E-state index contributed by atoms with van der Waals surface area (Å²) in [5, 5.41) is 17.3. The van der Waals surface area contributed by atoms with Gasteiger partial charge >= 0.3 is 0 Å². The highest BCUT2D eigenvalue weighted by Gasteiger charge is 2.10. The van der Waals surface area contributed by atoms with E-state index in [1.54, 1.807) is 54.9 Å². The molecule has 0 saturated carbocycles. The van der Waals surface area contributed by atoms with Crippen molar-refractivity contribution in [2.75, 3.05) is 16.9 Å². The highest BCUT2D eigenvalue weighted by molar-refractivity contribution is 7.84. The maximum absolute atomic E-state index is 11.5. The Morgan fingerprint density at radius 2 is 1.94 bits per heavy atom. The zero-order valence-corrected chi connectivity index (χ0v) is 17.5. The number of carbonyl (C=O) groups is 1. The Bertz CT molecular complexity index is 1130. The van der Waals surface area contributed by atoms with Crippen LogP contribution < -0.4 is 16.4 Å². The third-order valence-electron chi connectivity index (χ3n) is 4.41. The Morgan fingerprint density at radius 3 is 2.58 bits per heavy atom. The molecule has 1 atom stereocenters. The van der Waals surface area contributed by atoms with E-state index in [-0.39, 0.29) is 12.1 Å². The lowest BCUT2D eigenvalue weighted by atomic mass is 10.1. The van der Waals surface area contributed by atoms with Crippen LogP contribution in [0.4, 0.5) is 22.9 Å². The number of rotatable bonds is 9. The molecule has 1 unspecified atom stereocenters. The van der Waals surface area contributed by atoms with Crippen LogP contribution in [0.3, 0.4) is 0 Å². The summed E-state index contributed by atoms with van der Waals surface area (Å²) in [5.41, 5.74) is 8.07. The number of amides is 1. The molecule has 0 aliphatic rings. The molecular formula is C21H21N5O4S. The van der Waals surface area contributed by atoms with Gasteiger partial charge in [0, 0.05) is 69.8 Å². The Morgan fingerprint density at radius 1 is 1.19 bits per heavy atom. The second-order valence-electron chi connectivity index (χ2n) is 6.75. The number of nitro groups is 1. The van der Waals surface area contributed by atoms with Crippen molar-refractivity contribution in [3.05, 3.63) is 82.0 Å². The van der Waals surface area contributed by atoms with Crippen molar-refractivity contribution in [2.24, 2.45) is 5.73 Å². The summed E-state index contributed by atoms with van der Waals surface area (Å²) in [4.78, 5) is 27.0. The highest BCUT2D eigenvalue weighted by atomic mass is 32.2. The number of anilines is 3. The second-order valence-corrected chi connectivity index (χ2v) is 8.13. The molecule has 10 heteroatoms. The predicted octanol–water partition coefficient (Wildman–Crippen LogP) is 3.11. The lowest BCUT2D eigenvalue weighted by Gasteiger charge is -2.14. The molecule has 0 fully saturated rings. The Labute approximate surface area is 181 Å². The molecule has 0 aliphatic carbocycles. The maximum Gasteiger partial charge on any atom is 0.269 e. The number of nitrogens with one attached hydrogen (secondary N) is 2. The number of non-ortho nitro benzene ring substituents is 1. The average molecular weight is 439 g/mol. The Hall–Kier alpha value is -3.79. The van der Waals surface area contributed by atoms with Crippen LogP contribution in [-0.4, -0.2) is 26.3 Å². The van der Waals surface area contributed by atoms with E-state index in [1.165, 1.54) is 12.1 Å². The average Bonchev–Trinajstić information content (AvgIpc) is 2.74. The minimum atomic E-state index is -1.06. The van der Waals surface area contributed by atoms with Crippen molar-refractivity contribution < 1.29 is 13.9 Å². The normalized spacial score (nSPS) is 11.5. The Balaban J connectivity index is 1.81. The number of pyridine rings is 1. The van der Waals surface area contributed by atoms with Gasteiger partial charge < -0.3 is 16.4 Å². The number of hydrogen-bond acceptors (Lipinski definition) is 7. The molecule has 0 radical (unpaired) electrons. The van der Waals surface area contributed by atoms with Crippen molar-refractivity contribution in [3.63, 3.8) is 0 Å². The number of nitro benzene ring substituents is 1. The van der Waals surface area contributed by atoms with Gasteiger partial charge in [0.2, 0.25) is 5.91 Å². The van der Waals surface area contributed by atoms with Gasteiger partial charge in [-0.3, -0.25) is 19.1 Å². The van der Waals surface area contributed by atoms with Crippen molar-refractivity contribution in [2.45, 2.75) is 17.9 Å². The summed E-state index contributed by atoms with van der Waals surface area (Å²) in [7, 11) is -1.06. The van der Waals surface area contributed by atoms with E-state index in [4.69, 9.17) is 5.73 Å². The van der Waals surface area contributed by atoms with Gasteiger partial charge in [-0.15, -0.1) is 0 Å². The summed E-state index contributed by atoms with van der Waals surface area (Å²) in [5.74, 6) is 0.0317. The summed E-state index contributed by atoms with van der Waals surface area (Å²) in [6.45, 7) is 0.313. The van der Waals surface area contributed by atoms with Gasteiger partial charge in [0.05, 0.1) is 11.3 Å². The van der Waals surface area contributed by atoms with Gasteiger partial charge in [0.1, 0.15) is 5.82 Å². The minimum Gasteiger partial charge on any atom is -0.381 e. The fraction of sp³-hybridized carbons (Fsp3) is 0.143. The van der Waals surface area contributed by atoms with Crippen molar-refractivity contribution >= 4 is 39.6 Å². The van der Waals surface area contributed by atoms with Gasteiger partial charge in [-0.05, 0) is 29.8 Å². The zero-order chi connectivity index (χ0) is 22.4. The topological polar surface area (TPSA) is 140 Å². The number of aromatic nitrogens is 1. The number of nitrogens with two attached hydrogens (primary N) is 1. The SMILES string of the molecule is CS(=O)c1ccc(Nc2cc(NCc3cccc([N+](=O)[O-])c3)c(CC(N)=O)cn2)cc1. The van der Waals surface area contributed by atoms with Crippen LogP contribution in [-0.2, 0) is 28.6 Å². The van der Waals surface area contributed by atoms with E-state index in [2.05, 4.69) is 15.6 Å². The molecule has 0 spiro atoms. The summed E-state index contributed by atoms with van der Waals surface area (Å²) < 4.78 is 11.5. The quantitative estimate of drug-likeness (QED) is 0.344. The van der Waals surface area contributed by atoms with E-state index >= 15 is 0 Å². The molecule has 1 heterocycles. The van der Waals surface area contributed by atoms with Crippen LogP contribution in [0, 0.1) is 10.1 Å². The molecule has 0 aliphatic heterocycles. The monoisotopic (exact) mass is 439 g/mol. The third-order valence-corrected chi connectivity index (χ3v) is 5.35. The molecule has 1 aromatic heterocycles.